The van der Waals surface area contributed by atoms with E-state index >= 15 is 0 Å². The number of para-hydroxylation sites is 2. The average Bonchev–Trinajstić information content (AvgIpc) is 2.93. The average molecular weight is 618 g/mol. The van der Waals surface area contributed by atoms with Crippen LogP contribution in [0.2, 0.25) is 0 Å². The molecule has 0 bridgehead atoms. The topological polar surface area (TPSA) is 32.3 Å². The van der Waals surface area contributed by atoms with E-state index in [2.05, 4.69) is 157 Å². The van der Waals surface area contributed by atoms with E-state index in [1.165, 1.54) is 31.4 Å². The van der Waals surface area contributed by atoms with E-state index in [1.807, 2.05) is 0 Å². The van der Waals surface area contributed by atoms with Crippen LogP contribution in [0.4, 0.5) is 34.4 Å². The first-order valence-electron chi connectivity index (χ1n) is 13.4. The third-order valence-electron chi connectivity index (χ3n) is 7.71. The molecular formula is C33H28BIN4. The lowest BCUT2D eigenvalue weighted by atomic mass is 9.33. The van der Waals surface area contributed by atoms with Gasteiger partial charge in [0.15, 0.2) is 0 Å². The van der Waals surface area contributed by atoms with E-state index < -0.39 is 0 Å². The van der Waals surface area contributed by atoms with Crippen LogP contribution in [0.1, 0.15) is 32.2 Å². The number of nitrogens with zero attached hydrogens (tertiary/aromatic N) is 4. The van der Waals surface area contributed by atoms with Crippen molar-refractivity contribution in [3.8, 4) is 0 Å². The van der Waals surface area contributed by atoms with Crippen LogP contribution < -0.4 is 26.2 Å². The molecule has 2 aliphatic rings. The summed E-state index contributed by atoms with van der Waals surface area (Å²) < 4.78 is 1.25. The third-order valence-corrected chi connectivity index (χ3v) is 8.65. The molecule has 1 aromatic heterocycles. The van der Waals surface area contributed by atoms with E-state index in [9.17, 15) is 0 Å². The molecule has 4 aromatic carbocycles. The SMILES string of the molecule is Cc1cccc2c1B1c3c(I)cccc3N(c3ccccc3)c3nc(C(C)(C)C)nc(c31)N2c1ccccc1. The minimum absolute atomic E-state index is 0.0308. The molecule has 4 nitrogen and oxygen atoms in total. The molecule has 0 spiro atoms. The number of aryl methyl sites for hydroxylation is 1. The highest BCUT2D eigenvalue weighted by Gasteiger charge is 2.47. The number of halogens is 1. The minimum atomic E-state index is -0.232. The predicted octanol–water partition coefficient (Wildman–Crippen LogP) is 6.77. The summed E-state index contributed by atoms with van der Waals surface area (Å²) in [5.74, 6) is 2.76. The normalized spacial score (nSPS) is 13.6. The maximum Gasteiger partial charge on any atom is 0.258 e. The fourth-order valence-electron chi connectivity index (χ4n) is 5.96. The molecule has 2 aliphatic heterocycles. The molecule has 0 saturated carbocycles. The van der Waals surface area contributed by atoms with Crippen molar-refractivity contribution in [2.75, 3.05) is 9.80 Å². The lowest BCUT2D eigenvalue weighted by Crippen LogP contribution is -2.63. The maximum atomic E-state index is 5.38. The van der Waals surface area contributed by atoms with Crippen LogP contribution in [-0.2, 0) is 5.41 Å². The van der Waals surface area contributed by atoms with Crippen molar-refractivity contribution in [3.63, 3.8) is 0 Å². The van der Waals surface area contributed by atoms with Gasteiger partial charge in [-0.25, -0.2) is 9.97 Å². The maximum absolute atomic E-state index is 5.38. The summed E-state index contributed by atoms with van der Waals surface area (Å²) in [6.45, 7) is 8.84. The van der Waals surface area contributed by atoms with Crippen LogP contribution in [0.3, 0.4) is 0 Å². The van der Waals surface area contributed by atoms with Gasteiger partial charge in [0.2, 0.25) is 0 Å². The standard InChI is InChI=1S/C33H28BIN4/c1-21-13-11-19-25-27(21)34-28-24(35)18-12-20-26(28)39(23-16-9-6-10-17-23)31-29(34)30(36-32(37-31)33(2,3)4)38(25)22-14-7-5-8-15-22/h5-20H,1-4H3. The third kappa shape index (κ3) is 3.72. The van der Waals surface area contributed by atoms with Gasteiger partial charge in [-0.2, -0.15) is 0 Å². The number of hydrogen-bond acceptors (Lipinski definition) is 4. The van der Waals surface area contributed by atoms with Crippen molar-refractivity contribution in [2.24, 2.45) is 0 Å². The molecule has 190 valence electrons. The van der Waals surface area contributed by atoms with Crippen LogP contribution in [0, 0.1) is 10.5 Å². The van der Waals surface area contributed by atoms with Crippen molar-refractivity contribution in [3.05, 3.63) is 112 Å². The monoisotopic (exact) mass is 618 g/mol. The van der Waals surface area contributed by atoms with Crippen molar-refractivity contribution >= 4 is 80.1 Å². The Bertz CT molecular complexity index is 1610. The summed E-state index contributed by atoms with van der Waals surface area (Å²) in [4.78, 5) is 15.4. The summed E-state index contributed by atoms with van der Waals surface area (Å²) in [6, 6.07) is 34.5. The van der Waals surface area contributed by atoms with Gasteiger partial charge in [-0.1, -0.05) is 80.9 Å². The molecule has 3 heterocycles. The first-order valence-corrected chi connectivity index (χ1v) is 14.4. The van der Waals surface area contributed by atoms with E-state index in [1.54, 1.807) is 0 Å². The van der Waals surface area contributed by atoms with Crippen molar-refractivity contribution in [1.29, 1.82) is 0 Å². The molecule has 39 heavy (non-hydrogen) atoms. The van der Waals surface area contributed by atoms with Crippen molar-refractivity contribution in [1.82, 2.24) is 9.97 Å². The van der Waals surface area contributed by atoms with Gasteiger partial charge in [0.25, 0.3) is 6.71 Å². The minimum Gasteiger partial charge on any atom is -0.296 e. The van der Waals surface area contributed by atoms with Gasteiger partial charge in [-0.3, -0.25) is 9.80 Å². The first-order chi connectivity index (χ1) is 18.8. The number of rotatable bonds is 2. The van der Waals surface area contributed by atoms with E-state index in [-0.39, 0.29) is 12.1 Å². The zero-order valence-electron chi connectivity index (χ0n) is 22.5. The van der Waals surface area contributed by atoms with Gasteiger partial charge in [0, 0.05) is 37.2 Å². The summed E-state index contributed by atoms with van der Waals surface area (Å²) >= 11 is 2.51. The number of benzene rings is 4. The first kappa shape index (κ1) is 24.4. The van der Waals surface area contributed by atoms with Gasteiger partial charge in [-0.05, 0) is 82.9 Å². The smallest absolute Gasteiger partial charge is 0.258 e. The molecule has 0 atom stereocenters. The number of fused-ring (bicyclic) bond motifs is 4. The molecule has 0 unspecified atom stereocenters. The molecule has 0 amide bonds. The highest BCUT2D eigenvalue weighted by Crippen LogP contribution is 2.43. The molecule has 0 radical (unpaired) electrons. The van der Waals surface area contributed by atoms with Gasteiger partial charge in [0.1, 0.15) is 17.5 Å². The highest BCUT2D eigenvalue weighted by atomic mass is 127. The van der Waals surface area contributed by atoms with Crippen molar-refractivity contribution in [2.45, 2.75) is 33.1 Å². The Hall–Kier alpha value is -3.65. The fraction of sp³-hybridized carbons (Fsp3) is 0.152. The molecule has 7 rings (SSSR count). The molecule has 0 N–H and O–H groups in total. The predicted molar refractivity (Wildman–Crippen MR) is 172 cm³/mol. The van der Waals surface area contributed by atoms with Crippen LogP contribution in [0.25, 0.3) is 0 Å². The fourth-order valence-corrected chi connectivity index (χ4v) is 6.76. The van der Waals surface area contributed by atoms with Gasteiger partial charge < -0.3 is 0 Å². The lowest BCUT2D eigenvalue weighted by molar-refractivity contribution is 0.546. The van der Waals surface area contributed by atoms with Gasteiger partial charge in [-0.15, -0.1) is 0 Å². The molecule has 0 fully saturated rings. The second-order valence-electron chi connectivity index (χ2n) is 11.3. The zero-order valence-corrected chi connectivity index (χ0v) is 24.6. The Kier molecular flexibility index (Phi) is 5.60. The van der Waals surface area contributed by atoms with E-state index in [0.29, 0.717) is 0 Å². The van der Waals surface area contributed by atoms with E-state index in [4.69, 9.17) is 9.97 Å². The highest BCUT2D eigenvalue weighted by molar-refractivity contribution is 14.1. The molecule has 0 saturated heterocycles. The molecule has 0 aliphatic carbocycles. The second kappa shape index (κ2) is 8.95. The molecule has 5 aromatic rings. The Labute approximate surface area is 244 Å². The zero-order chi connectivity index (χ0) is 26.9. The van der Waals surface area contributed by atoms with Gasteiger partial charge in [0.05, 0.1) is 0 Å². The Morgan fingerprint density at radius 3 is 1.67 bits per heavy atom. The Morgan fingerprint density at radius 1 is 0.615 bits per heavy atom. The Morgan fingerprint density at radius 2 is 1.13 bits per heavy atom. The van der Waals surface area contributed by atoms with Gasteiger partial charge >= 0.3 is 0 Å². The molecular weight excluding hydrogens is 590 g/mol. The summed E-state index contributed by atoms with van der Waals surface area (Å²) in [5.41, 5.74) is 9.39. The molecule has 6 heteroatoms. The van der Waals surface area contributed by atoms with Crippen molar-refractivity contribution < 1.29 is 0 Å². The number of hydrogen-bond donors (Lipinski definition) is 0. The number of aromatic nitrogens is 2. The largest absolute Gasteiger partial charge is 0.296 e. The Balaban J connectivity index is 1.67. The summed E-state index contributed by atoms with van der Waals surface area (Å²) in [7, 11) is 0. The quantitative estimate of drug-likeness (QED) is 0.158. The lowest BCUT2D eigenvalue weighted by Gasteiger charge is -2.44. The van der Waals surface area contributed by atoms with Crippen LogP contribution in [0.15, 0.2) is 97.1 Å². The number of anilines is 6. The van der Waals surface area contributed by atoms with E-state index in [0.717, 1.165) is 34.3 Å². The summed E-state index contributed by atoms with van der Waals surface area (Å²) in [5, 5.41) is 0. The second-order valence-corrected chi connectivity index (χ2v) is 12.5. The van der Waals surface area contributed by atoms with Crippen LogP contribution >= 0.6 is 22.6 Å². The summed E-state index contributed by atoms with van der Waals surface area (Å²) in [6.07, 6.45) is 0. The van der Waals surface area contributed by atoms with Crippen LogP contribution in [-0.4, -0.2) is 16.7 Å². The van der Waals surface area contributed by atoms with Crippen LogP contribution in [0.5, 0.6) is 0 Å².